The topological polar surface area (TPSA) is 127 Å². The fourth-order valence-electron chi connectivity index (χ4n) is 6.32. The molecule has 0 aliphatic carbocycles. The van der Waals surface area contributed by atoms with Crippen LogP contribution in [0.5, 0.6) is 0 Å². The number of hydrogen-bond acceptors (Lipinski definition) is 11. The number of piperidine rings is 1. The van der Waals surface area contributed by atoms with E-state index in [0.717, 1.165) is 51.6 Å². The Kier molecular flexibility index (Phi) is 26.7. The number of carbonyl (C=O) groups excluding carboxylic acids is 4. The molecule has 0 aromatic rings. The summed E-state index contributed by atoms with van der Waals surface area (Å²) in [4.78, 5) is 52.5. The summed E-state index contributed by atoms with van der Waals surface area (Å²) in [6.45, 7) is 7.23. The lowest BCUT2D eigenvalue weighted by atomic mass is 9.94. The van der Waals surface area contributed by atoms with Crippen molar-refractivity contribution in [1.29, 1.82) is 0 Å². The summed E-state index contributed by atoms with van der Waals surface area (Å²) >= 11 is 0. The van der Waals surface area contributed by atoms with E-state index in [9.17, 15) is 19.2 Å². The predicted octanol–water partition coefficient (Wildman–Crippen LogP) is 8.18. The molecule has 0 saturated carbocycles. The minimum atomic E-state index is -1.20. The van der Waals surface area contributed by atoms with E-state index in [4.69, 9.17) is 28.4 Å². The predicted molar refractivity (Wildman–Crippen MR) is 205 cm³/mol. The molecule has 2 rings (SSSR count). The highest BCUT2D eigenvalue weighted by molar-refractivity contribution is 5.86. The summed E-state index contributed by atoms with van der Waals surface area (Å²) in [5.74, 6) is -1.40. The highest BCUT2D eigenvalue weighted by atomic mass is 16.8. The molecule has 11 nitrogen and oxygen atoms in total. The number of allylic oxidation sites excluding steroid dienone is 2. The Bertz CT molecular complexity index is 985. The molecule has 304 valence electrons. The molecule has 0 amide bonds. The molecule has 2 saturated heterocycles. The minimum absolute atomic E-state index is 0.147. The van der Waals surface area contributed by atoms with Gasteiger partial charge in [-0.1, -0.05) is 76.7 Å². The van der Waals surface area contributed by atoms with Gasteiger partial charge in [-0.15, -0.1) is 0 Å². The molecule has 0 bridgehead atoms. The summed E-state index contributed by atoms with van der Waals surface area (Å²) in [5.41, 5.74) is 0. The summed E-state index contributed by atoms with van der Waals surface area (Å²) in [7, 11) is 2.10. The number of nitrogens with zero attached hydrogens (tertiary/aromatic N) is 1. The first-order valence-corrected chi connectivity index (χ1v) is 20.8. The average Bonchev–Trinajstić information content (AvgIpc) is 3.58. The van der Waals surface area contributed by atoms with E-state index in [2.05, 4.69) is 37.9 Å². The van der Waals surface area contributed by atoms with Crippen molar-refractivity contribution < 1.29 is 47.6 Å². The maximum absolute atomic E-state index is 13.1. The van der Waals surface area contributed by atoms with Gasteiger partial charge in [0.2, 0.25) is 0 Å². The van der Waals surface area contributed by atoms with E-state index in [1.54, 1.807) is 0 Å². The number of rotatable bonds is 30. The third-order valence-electron chi connectivity index (χ3n) is 9.70. The van der Waals surface area contributed by atoms with Crippen molar-refractivity contribution in [3.8, 4) is 0 Å². The van der Waals surface area contributed by atoms with Crippen LogP contribution in [0.15, 0.2) is 24.3 Å². The van der Waals surface area contributed by atoms with Crippen LogP contribution in [0, 0.1) is 5.92 Å². The van der Waals surface area contributed by atoms with Crippen LogP contribution in [-0.4, -0.2) is 93.8 Å². The van der Waals surface area contributed by atoms with Crippen molar-refractivity contribution in [2.24, 2.45) is 5.92 Å². The van der Waals surface area contributed by atoms with Gasteiger partial charge in [-0.2, -0.15) is 0 Å². The Labute approximate surface area is 319 Å². The molecule has 0 radical (unpaired) electrons. The Hall–Kier alpha value is -2.76. The van der Waals surface area contributed by atoms with E-state index in [0.29, 0.717) is 76.9 Å². The van der Waals surface area contributed by atoms with E-state index in [-0.39, 0.29) is 25.2 Å². The molecule has 11 heteroatoms. The number of unbranched alkanes of at least 4 members (excludes halogenated alkanes) is 12. The maximum Gasteiger partial charge on any atom is 0.338 e. The van der Waals surface area contributed by atoms with Crippen LogP contribution in [0.25, 0.3) is 0 Å². The Morgan fingerprint density at radius 2 is 1.04 bits per heavy atom. The van der Waals surface area contributed by atoms with Gasteiger partial charge in [0.1, 0.15) is 13.2 Å². The average molecular weight is 750 g/mol. The standard InChI is InChI=1S/C42H71NO10/c1-4-6-8-10-12-14-20-30-48-36(44)24-18-16-22-32-50-41(46)39-40(53-38(52-39)34-35-26-28-43(3)29-27-35)42(47)51-33-23-17-19-25-37(45)49-31-21-15-13-11-9-7-5-2/h14-15,20-21,35,38-40H,4-13,16-19,22-34H2,1-3H3/b20-14-,21-15-. The number of carbonyl (C=O) groups is 4. The normalized spacial score (nSPS) is 19.6. The lowest BCUT2D eigenvalue weighted by molar-refractivity contribution is -0.163. The molecule has 2 aliphatic rings. The van der Waals surface area contributed by atoms with Gasteiger partial charge in [-0.3, -0.25) is 9.59 Å². The van der Waals surface area contributed by atoms with Crippen LogP contribution >= 0.6 is 0 Å². The van der Waals surface area contributed by atoms with E-state index in [1.165, 1.54) is 38.5 Å². The van der Waals surface area contributed by atoms with E-state index >= 15 is 0 Å². The zero-order chi connectivity index (χ0) is 38.4. The second kappa shape index (κ2) is 30.6. The third-order valence-corrected chi connectivity index (χ3v) is 9.70. The number of likely N-dealkylation sites (tertiary alicyclic amines) is 1. The number of hydrogen-bond donors (Lipinski definition) is 0. The first-order chi connectivity index (χ1) is 25.8. The van der Waals surface area contributed by atoms with Crippen LogP contribution in [0.2, 0.25) is 0 Å². The monoisotopic (exact) mass is 750 g/mol. The molecule has 2 unspecified atom stereocenters. The van der Waals surface area contributed by atoms with Crippen molar-refractivity contribution in [3.63, 3.8) is 0 Å². The summed E-state index contributed by atoms with van der Waals surface area (Å²) in [5, 5.41) is 0. The van der Waals surface area contributed by atoms with Crippen LogP contribution in [0.3, 0.4) is 0 Å². The smallest absolute Gasteiger partial charge is 0.338 e. The molecule has 0 spiro atoms. The van der Waals surface area contributed by atoms with Crippen LogP contribution in [0.4, 0.5) is 0 Å². The molecule has 0 N–H and O–H groups in total. The Morgan fingerprint density at radius 3 is 1.49 bits per heavy atom. The molecule has 53 heavy (non-hydrogen) atoms. The summed E-state index contributed by atoms with van der Waals surface area (Å²) in [6.07, 6.45) is 23.6. The fraction of sp³-hybridized carbons (Fsp3) is 0.810. The highest BCUT2D eigenvalue weighted by Gasteiger charge is 2.47. The van der Waals surface area contributed by atoms with Gasteiger partial charge in [0.05, 0.1) is 13.2 Å². The van der Waals surface area contributed by atoms with Crippen molar-refractivity contribution in [2.45, 2.75) is 167 Å². The molecule has 2 fully saturated rings. The van der Waals surface area contributed by atoms with E-state index < -0.39 is 30.4 Å². The SMILES string of the molecule is CCCCCC/C=C\COC(=O)CCCCCOC(=O)C1OC(CC2CCN(C)CC2)OC1C(=O)OCCCCCC(=O)OC/C=C\CCCCCC. The highest BCUT2D eigenvalue weighted by Crippen LogP contribution is 2.30. The first-order valence-electron chi connectivity index (χ1n) is 20.8. The number of esters is 4. The molecule has 0 aromatic heterocycles. The molecule has 0 aromatic carbocycles. The van der Waals surface area contributed by atoms with E-state index in [1.807, 2.05) is 12.2 Å². The second-order valence-electron chi connectivity index (χ2n) is 14.5. The van der Waals surface area contributed by atoms with Crippen LogP contribution < -0.4 is 0 Å². The lowest BCUT2D eigenvalue weighted by Gasteiger charge is -2.29. The zero-order valence-electron chi connectivity index (χ0n) is 33.2. The van der Waals surface area contributed by atoms with Crippen molar-refractivity contribution in [3.05, 3.63) is 24.3 Å². The second-order valence-corrected chi connectivity index (χ2v) is 14.5. The van der Waals surface area contributed by atoms with Crippen molar-refractivity contribution in [1.82, 2.24) is 4.90 Å². The van der Waals surface area contributed by atoms with Gasteiger partial charge < -0.3 is 33.3 Å². The van der Waals surface area contributed by atoms with Gasteiger partial charge in [0.25, 0.3) is 0 Å². The largest absolute Gasteiger partial charge is 0.464 e. The molecule has 2 heterocycles. The third kappa shape index (κ3) is 22.9. The fourth-order valence-corrected chi connectivity index (χ4v) is 6.32. The Balaban J connectivity index is 1.67. The summed E-state index contributed by atoms with van der Waals surface area (Å²) in [6, 6.07) is 0. The number of ether oxygens (including phenoxy) is 6. The van der Waals surface area contributed by atoms with Gasteiger partial charge in [0, 0.05) is 19.3 Å². The lowest BCUT2D eigenvalue weighted by Crippen LogP contribution is -2.39. The molecule has 2 atom stereocenters. The quantitative estimate of drug-likeness (QED) is 0.0305. The van der Waals surface area contributed by atoms with Crippen LogP contribution in [-0.2, 0) is 47.6 Å². The molecular formula is C42H71NO10. The van der Waals surface area contributed by atoms with Gasteiger partial charge in [0.15, 0.2) is 18.5 Å². The van der Waals surface area contributed by atoms with Gasteiger partial charge >= 0.3 is 23.9 Å². The minimum Gasteiger partial charge on any atom is -0.464 e. The Morgan fingerprint density at radius 1 is 0.585 bits per heavy atom. The molecule has 2 aliphatic heterocycles. The van der Waals surface area contributed by atoms with Gasteiger partial charge in [-0.25, -0.2) is 9.59 Å². The van der Waals surface area contributed by atoms with Crippen molar-refractivity contribution in [2.75, 3.05) is 46.6 Å². The maximum atomic E-state index is 13.1. The van der Waals surface area contributed by atoms with Crippen molar-refractivity contribution >= 4 is 23.9 Å². The first kappa shape index (κ1) is 46.4. The van der Waals surface area contributed by atoms with Crippen LogP contribution in [0.1, 0.15) is 149 Å². The summed E-state index contributed by atoms with van der Waals surface area (Å²) < 4.78 is 33.5. The zero-order valence-corrected chi connectivity index (χ0v) is 33.2. The molecular weight excluding hydrogens is 678 g/mol. The van der Waals surface area contributed by atoms with Gasteiger partial charge in [-0.05, 0) is 103 Å².